The van der Waals surface area contributed by atoms with Gasteiger partial charge < -0.3 is 4.74 Å². The first-order valence-corrected chi connectivity index (χ1v) is 6.03. The van der Waals surface area contributed by atoms with Gasteiger partial charge in [0.25, 0.3) is 0 Å². The van der Waals surface area contributed by atoms with Crippen LogP contribution in [0.5, 0.6) is 0 Å². The maximum Gasteiger partial charge on any atom is 0.421 e. The van der Waals surface area contributed by atoms with Gasteiger partial charge >= 0.3 is 6.09 Å². The first-order valence-electron chi connectivity index (χ1n) is 6.03. The number of nitrogens with zero attached hydrogens (tertiary/aromatic N) is 1. The van der Waals surface area contributed by atoms with Crippen molar-refractivity contribution < 1.29 is 9.53 Å². The largest absolute Gasteiger partial charge is 0.447 e. The van der Waals surface area contributed by atoms with Crippen LogP contribution in [-0.2, 0) is 10.2 Å². The van der Waals surface area contributed by atoms with Gasteiger partial charge in [0.1, 0.15) is 6.61 Å². The summed E-state index contributed by atoms with van der Waals surface area (Å²) < 4.78 is 4.80. The van der Waals surface area contributed by atoms with E-state index in [1.54, 1.807) is 0 Å². The number of carbonyl (C=O) groups excluding carboxylic acids is 1. The van der Waals surface area contributed by atoms with E-state index in [1.165, 1.54) is 10.5 Å². The highest BCUT2D eigenvalue weighted by atomic mass is 16.6. The van der Waals surface area contributed by atoms with Crippen LogP contribution in [0.4, 0.5) is 4.79 Å². The molecule has 0 unspecified atom stereocenters. The van der Waals surface area contributed by atoms with E-state index in [9.17, 15) is 4.79 Å². The summed E-state index contributed by atoms with van der Waals surface area (Å²) in [4.78, 5) is 12.6. The number of rotatable bonds is 0. The van der Waals surface area contributed by atoms with E-state index in [1.807, 2.05) is 12.1 Å². The summed E-state index contributed by atoms with van der Waals surface area (Å²) in [6.07, 6.45) is -0.353. The summed E-state index contributed by atoms with van der Waals surface area (Å²) in [7, 11) is 0. The van der Waals surface area contributed by atoms with Gasteiger partial charge in [-0.15, -0.1) is 0 Å². The van der Waals surface area contributed by atoms with Crippen molar-refractivity contribution in [2.45, 2.75) is 26.2 Å². The highest BCUT2D eigenvalue weighted by Crippen LogP contribution is 2.21. The van der Waals surface area contributed by atoms with E-state index in [-0.39, 0.29) is 11.5 Å². The lowest BCUT2D eigenvalue weighted by Crippen LogP contribution is -2.17. The maximum atomic E-state index is 11.2. The fourth-order valence-electron chi connectivity index (χ4n) is 1.68. The number of benzene rings is 1. The monoisotopic (exact) mass is 243 g/mol. The smallest absolute Gasteiger partial charge is 0.421 e. The van der Waals surface area contributed by atoms with Gasteiger partial charge in [0.05, 0.1) is 6.54 Å². The molecule has 1 heterocycles. The number of cyclic esters (lactones) is 1. The van der Waals surface area contributed by atoms with Crippen LogP contribution >= 0.6 is 0 Å². The molecule has 0 saturated carbocycles. The molecule has 94 valence electrons. The molecule has 2 rings (SSSR count). The Morgan fingerprint density at radius 1 is 1.22 bits per heavy atom. The van der Waals surface area contributed by atoms with Crippen LogP contribution in [0.3, 0.4) is 0 Å². The molecule has 1 aliphatic heterocycles. The number of ether oxygens (including phenoxy) is 1. The van der Waals surface area contributed by atoms with Crippen LogP contribution in [0.25, 0.3) is 0 Å². The van der Waals surface area contributed by atoms with E-state index >= 15 is 0 Å². The van der Waals surface area contributed by atoms with Crippen molar-refractivity contribution in [3.05, 3.63) is 35.4 Å². The second kappa shape index (κ2) is 4.73. The van der Waals surface area contributed by atoms with Gasteiger partial charge in [-0.3, -0.25) is 0 Å². The van der Waals surface area contributed by atoms with Crippen molar-refractivity contribution in [3.63, 3.8) is 0 Å². The minimum absolute atomic E-state index is 0.144. The predicted octanol–water partition coefficient (Wildman–Crippen LogP) is 2.75. The fraction of sp³-hybridized carbons (Fsp3) is 0.400. The zero-order valence-corrected chi connectivity index (χ0v) is 11.0. The first kappa shape index (κ1) is 12.5. The molecule has 1 fully saturated rings. The van der Waals surface area contributed by atoms with Gasteiger partial charge in [0.2, 0.25) is 0 Å². The Morgan fingerprint density at radius 2 is 1.89 bits per heavy atom. The van der Waals surface area contributed by atoms with E-state index in [4.69, 9.17) is 4.74 Å². The normalized spacial score (nSPS) is 15.1. The summed E-state index contributed by atoms with van der Waals surface area (Å²) in [6.45, 7) is 7.50. The summed E-state index contributed by atoms with van der Waals surface area (Å²) in [5.41, 5.74) is 2.32. The number of amides is 1. The Labute approximate surface area is 108 Å². The number of hydrogen-bond donors (Lipinski definition) is 0. The highest BCUT2D eigenvalue weighted by molar-refractivity contribution is 5.71. The maximum absolute atomic E-state index is 11.2. The lowest BCUT2D eigenvalue weighted by molar-refractivity contribution is 0.167. The molecule has 18 heavy (non-hydrogen) atoms. The van der Waals surface area contributed by atoms with Gasteiger partial charge in [0, 0.05) is 11.6 Å². The van der Waals surface area contributed by atoms with Crippen LogP contribution < -0.4 is 0 Å². The van der Waals surface area contributed by atoms with Gasteiger partial charge in [0.15, 0.2) is 0 Å². The third-order valence-electron chi connectivity index (χ3n) is 2.85. The van der Waals surface area contributed by atoms with Crippen LogP contribution in [0.1, 0.15) is 31.9 Å². The van der Waals surface area contributed by atoms with Gasteiger partial charge in [-0.25, -0.2) is 9.69 Å². The molecule has 1 aromatic carbocycles. The molecule has 1 aliphatic rings. The number of hydrogen-bond acceptors (Lipinski definition) is 2. The second-order valence-electron chi connectivity index (χ2n) is 5.33. The first-order chi connectivity index (χ1) is 8.47. The quantitative estimate of drug-likeness (QED) is 0.656. The molecule has 1 aromatic rings. The van der Waals surface area contributed by atoms with Crippen molar-refractivity contribution in [2.24, 2.45) is 0 Å². The molecule has 0 N–H and O–H groups in total. The van der Waals surface area contributed by atoms with Crippen molar-refractivity contribution in [1.82, 2.24) is 4.90 Å². The Bertz CT molecular complexity index is 500. The van der Waals surface area contributed by atoms with Gasteiger partial charge in [-0.2, -0.15) is 0 Å². The molecule has 0 aromatic heterocycles. The lowest BCUT2D eigenvalue weighted by Gasteiger charge is -2.18. The van der Waals surface area contributed by atoms with Crippen molar-refractivity contribution in [3.8, 4) is 12.0 Å². The second-order valence-corrected chi connectivity index (χ2v) is 5.33. The minimum Gasteiger partial charge on any atom is -0.447 e. The Morgan fingerprint density at radius 3 is 2.39 bits per heavy atom. The molecule has 0 atom stereocenters. The van der Waals surface area contributed by atoms with Gasteiger partial charge in [-0.05, 0) is 29.0 Å². The van der Waals surface area contributed by atoms with Crippen LogP contribution in [0, 0.1) is 12.0 Å². The van der Waals surface area contributed by atoms with Gasteiger partial charge in [-0.1, -0.05) is 32.9 Å². The summed E-state index contributed by atoms with van der Waals surface area (Å²) in [5.74, 6) is 2.97. The lowest BCUT2D eigenvalue weighted by atomic mass is 9.87. The Balaban J connectivity index is 2.11. The molecule has 0 radical (unpaired) electrons. The van der Waals surface area contributed by atoms with Crippen molar-refractivity contribution >= 4 is 6.09 Å². The Hall–Kier alpha value is -1.95. The Kier molecular flexibility index (Phi) is 3.29. The minimum atomic E-state index is -0.353. The van der Waals surface area contributed by atoms with Crippen LogP contribution in [-0.4, -0.2) is 24.1 Å². The predicted molar refractivity (Wildman–Crippen MR) is 70.1 cm³/mol. The zero-order valence-electron chi connectivity index (χ0n) is 11.0. The molecule has 0 bridgehead atoms. The van der Waals surface area contributed by atoms with Crippen LogP contribution in [0.15, 0.2) is 24.3 Å². The van der Waals surface area contributed by atoms with E-state index in [0.717, 1.165) is 5.56 Å². The van der Waals surface area contributed by atoms with E-state index in [2.05, 4.69) is 44.9 Å². The average molecular weight is 243 g/mol. The third-order valence-corrected chi connectivity index (χ3v) is 2.85. The summed E-state index contributed by atoms with van der Waals surface area (Å²) in [6, 6.07) is 10.9. The third kappa shape index (κ3) is 2.84. The standard InChI is InChI=1S/C15H17NO2/c1-15(2,3)13-6-4-12(5-7-13)8-9-16-10-11-18-14(16)17/h4-7H,10-11H2,1-3H3. The zero-order chi connectivity index (χ0) is 13.2. The topological polar surface area (TPSA) is 29.5 Å². The SMILES string of the molecule is CC(C)(C)c1ccc(C#CN2CCOC2=O)cc1. The van der Waals surface area contributed by atoms with Crippen LogP contribution in [0.2, 0.25) is 0 Å². The molecule has 0 spiro atoms. The summed E-state index contributed by atoms with van der Waals surface area (Å²) >= 11 is 0. The molecule has 1 amide bonds. The average Bonchev–Trinajstić information content (AvgIpc) is 2.72. The molecule has 3 nitrogen and oxygen atoms in total. The molecule has 0 aliphatic carbocycles. The molecule has 1 saturated heterocycles. The van der Waals surface area contributed by atoms with E-state index in [0.29, 0.717) is 13.2 Å². The molecule has 3 heteroatoms. The van der Waals surface area contributed by atoms with E-state index < -0.39 is 0 Å². The van der Waals surface area contributed by atoms with Crippen molar-refractivity contribution in [1.29, 1.82) is 0 Å². The molecular weight excluding hydrogens is 226 g/mol. The molecular formula is C15H17NO2. The highest BCUT2D eigenvalue weighted by Gasteiger charge is 2.19. The summed E-state index contributed by atoms with van der Waals surface area (Å²) in [5, 5.41) is 0. The fourth-order valence-corrected chi connectivity index (χ4v) is 1.68. The number of carbonyl (C=O) groups is 1. The van der Waals surface area contributed by atoms with Crippen molar-refractivity contribution in [2.75, 3.05) is 13.2 Å².